The second-order valence-electron chi connectivity index (χ2n) is 3.77. The molecule has 0 heterocycles. The van der Waals surface area contributed by atoms with E-state index in [-0.39, 0.29) is 12.1 Å². The predicted octanol–water partition coefficient (Wildman–Crippen LogP) is 0.631. The average molecular weight is 187 g/mol. The van der Waals surface area contributed by atoms with Crippen LogP contribution in [0.4, 0.5) is 4.79 Å². The van der Waals surface area contributed by atoms with Crippen LogP contribution in [-0.4, -0.2) is 37.6 Å². The van der Waals surface area contributed by atoms with Crippen molar-refractivity contribution < 1.29 is 4.79 Å². The number of urea groups is 1. The fourth-order valence-electron chi connectivity index (χ4n) is 1.04. The van der Waals surface area contributed by atoms with Crippen molar-refractivity contribution in [3.63, 3.8) is 0 Å². The van der Waals surface area contributed by atoms with Gasteiger partial charge in [-0.2, -0.15) is 0 Å². The first kappa shape index (κ1) is 12.2. The highest BCUT2D eigenvalue weighted by atomic mass is 16.2. The maximum absolute atomic E-state index is 11.3. The Balaban J connectivity index is 4.02. The van der Waals surface area contributed by atoms with Gasteiger partial charge in [0.2, 0.25) is 0 Å². The second-order valence-corrected chi connectivity index (χ2v) is 3.77. The molecule has 0 aliphatic carbocycles. The molecule has 0 saturated carbocycles. The molecule has 0 spiro atoms. The number of rotatable bonds is 4. The molecule has 78 valence electrons. The molecule has 3 N–H and O–H groups in total. The predicted molar refractivity (Wildman–Crippen MR) is 54.5 cm³/mol. The van der Waals surface area contributed by atoms with E-state index >= 15 is 0 Å². The molecule has 0 aliphatic heterocycles. The van der Waals surface area contributed by atoms with Gasteiger partial charge in [0.05, 0.1) is 0 Å². The summed E-state index contributed by atoms with van der Waals surface area (Å²) in [6.45, 7) is 4.77. The first-order valence-corrected chi connectivity index (χ1v) is 4.67. The summed E-state index contributed by atoms with van der Waals surface area (Å²) < 4.78 is 0. The van der Waals surface area contributed by atoms with Gasteiger partial charge in [0.15, 0.2) is 0 Å². The van der Waals surface area contributed by atoms with Crippen molar-refractivity contribution in [1.82, 2.24) is 10.2 Å². The molecule has 0 radical (unpaired) electrons. The van der Waals surface area contributed by atoms with Crippen LogP contribution >= 0.6 is 0 Å². The van der Waals surface area contributed by atoms with E-state index in [1.54, 1.807) is 14.1 Å². The van der Waals surface area contributed by atoms with Crippen molar-refractivity contribution in [3.05, 3.63) is 0 Å². The third-order valence-electron chi connectivity index (χ3n) is 2.00. The van der Waals surface area contributed by atoms with Gasteiger partial charge in [-0.25, -0.2) is 4.79 Å². The van der Waals surface area contributed by atoms with Crippen LogP contribution in [-0.2, 0) is 0 Å². The van der Waals surface area contributed by atoms with Crippen LogP contribution in [0.15, 0.2) is 0 Å². The number of nitrogens with zero attached hydrogens (tertiary/aromatic N) is 1. The van der Waals surface area contributed by atoms with E-state index in [1.165, 1.54) is 4.90 Å². The molecule has 0 fully saturated rings. The van der Waals surface area contributed by atoms with Gasteiger partial charge in [-0.3, -0.25) is 0 Å². The molecular weight excluding hydrogens is 166 g/mol. The number of carbonyl (C=O) groups excluding carboxylic acids is 1. The summed E-state index contributed by atoms with van der Waals surface area (Å²) in [6.07, 6.45) is 0.831. The van der Waals surface area contributed by atoms with Crippen LogP contribution < -0.4 is 11.1 Å². The number of nitrogens with two attached hydrogens (primary N) is 1. The molecule has 0 rings (SSSR count). The molecule has 2 amide bonds. The SMILES string of the molecule is CC(C)C(CCN)NC(=O)N(C)C. The normalized spacial score (nSPS) is 12.8. The quantitative estimate of drug-likeness (QED) is 0.678. The van der Waals surface area contributed by atoms with Crippen LogP contribution in [0.2, 0.25) is 0 Å². The molecular formula is C9H21N3O. The molecule has 13 heavy (non-hydrogen) atoms. The highest BCUT2D eigenvalue weighted by Crippen LogP contribution is 2.05. The van der Waals surface area contributed by atoms with Crippen LogP contribution in [0.3, 0.4) is 0 Å². The van der Waals surface area contributed by atoms with Crippen LogP contribution in [0, 0.1) is 5.92 Å². The van der Waals surface area contributed by atoms with Crippen molar-refractivity contribution in [1.29, 1.82) is 0 Å². The van der Waals surface area contributed by atoms with Crippen molar-refractivity contribution in [3.8, 4) is 0 Å². The maximum Gasteiger partial charge on any atom is 0.317 e. The second kappa shape index (κ2) is 5.80. The molecule has 0 aromatic heterocycles. The topological polar surface area (TPSA) is 58.4 Å². The highest BCUT2D eigenvalue weighted by molar-refractivity contribution is 5.73. The van der Waals surface area contributed by atoms with E-state index in [0.29, 0.717) is 12.5 Å². The molecule has 0 aliphatic rings. The summed E-state index contributed by atoms with van der Waals surface area (Å²) in [5, 5.41) is 2.92. The lowest BCUT2D eigenvalue weighted by atomic mass is 10.0. The minimum absolute atomic E-state index is 0.0489. The Bertz CT molecular complexity index is 157. The molecule has 0 saturated heterocycles. The zero-order valence-corrected chi connectivity index (χ0v) is 9.00. The van der Waals surface area contributed by atoms with Gasteiger partial charge in [0.25, 0.3) is 0 Å². The minimum Gasteiger partial charge on any atom is -0.335 e. The van der Waals surface area contributed by atoms with Gasteiger partial charge in [-0.1, -0.05) is 13.8 Å². The van der Waals surface area contributed by atoms with E-state index in [1.807, 2.05) is 0 Å². The van der Waals surface area contributed by atoms with Crippen molar-refractivity contribution in [2.24, 2.45) is 11.7 Å². The average Bonchev–Trinajstić information content (AvgIpc) is 2.03. The highest BCUT2D eigenvalue weighted by Gasteiger charge is 2.15. The monoisotopic (exact) mass is 187 g/mol. The summed E-state index contributed by atoms with van der Waals surface area (Å²) in [6, 6.07) is 0.132. The Hall–Kier alpha value is -0.770. The molecule has 1 unspecified atom stereocenters. The van der Waals surface area contributed by atoms with Gasteiger partial charge in [0, 0.05) is 20.1 Å². The first-order valence-electron chi connectivity index (χ1n) is 4.67. The number of hydrogen-bond acceptors (Lipinski definition) is 2. The molecule has 0 aromatic rings. The zero-order chi connectivity index (χ0) is 10.4. The molecule has 0 bridgehead atoms. The molecule has 0 aromatic carbocycles. The smallest absolute Gasteiger partial charge is 0.317 e. The summed E-state index contributed by atoms with van der Waals surface area (Å²) in [4.78, 5) is 12.8. The standard InChI is InChI=1S/C9H21N3O/c1-7(2)8(5-6-10)11-9(13)12(3)4/h7-8H,5-6,10H2,1-4H3,(H,11,13). The largest absolute Gasteiger partial charge is 0.335 e. The molecule has 4 nitrogen and oxygen atoms in total. The van der Waals surface area contributed by atoms with Gasteiger partial charge >= 0.3 is 6.03 Å². The van der Waals surface area contributed by atoms with E-state index in [0.717, 1.165) is 6.42 Å². The summed E-state index contributed by atoms with van der Waals surface area (Å²) in [5.74, 6) is 0.424. The van der Waals surface area contributed by atoms with Gasteiger partial charge in [-0.15, -0.1) is 0 Å². The molecule has 1 atom stereocenters. The number of nitrogens with one attached hydrogen (secondary N) is 1. The fraction of sp³-hybridized carbons (Fsp3) is 0.889. The van der Waals surface area contributed by atoms with Crippen molar-refractivity contribution >= 4 is 6.03 Å². The van der Waals surface area contributed by atoms with Gasteiger partial charge < -0.3 is 16.0 Å². The Morgan fingerprint density at radius 3 is 2.31 bits per heavy atom. The van der Waals surface area contributed by atoms with Crippen molar-refractivity contribution in [2.45, 2.75) is 26.3 Å². The van der Waals surface area contributed by atoms with Crippen molar-refractivity contribution in [2.75, 3.05) is 20.6 Å². The summed E-state index contributed by atoms with van der Waals surface area (Å²) in [5.41, 5.74) is 5.45. The Labute approximate surface area is 80.5 Å². The summed E-state index contributed by atoms with van der Waals surface area (Å²) in [7, 11) is 3.46. The minimum atomic E-state index is -0.0489. The number of amides is 2. The Morgan fingerprint density at radius 1 is 1.46 bits per heavy atom. The van der Waals surface area contributed by atoms with Gasteiger partial charge in [0.1, 0.15) is 0 Å². The lowest BCUT2D eigenvalue weighted by molar-refractivity contribution is 0.208. The fourth-order valence-corrected chi connectivity index (χ4v) is 1.04. The zero-order valence-electron chi connectivity index (χ0n) is 9.00. The van der Waals surface area contributed by atoms with E-state index < -0.39 is 0 Å². The summed E-state index contributed by atoms with van der Waals surface area (Å²) >= 11 is 0. The third kappa shape index (κ3) is 4.72. The maximum atomic E-state index is 11.3. The lowest BCUT2D eigenvalue weighted by Crippen LogP contribution is -2.44. The lowest BCUT2D eigenvalue weighted by Gasteiger charge is -2.23. The van der Waals surface area contributed by atoms with Crippen LogP contribution in [0.1, 0.15) is 20.3 Å². The molecule has 4 heteroatoms. The number of carbonyl (C=O) groups is 1. The third-order valence-corrected chi connectivity index (χ3v) is 2.00. The van der Waals surface area contributed by atoms with E-state index in [2.05, 4.69) is 19.2 Å². The first-order chi connectivity index (χ1) is 5.99. The van der Waals surface area contributed by atoms with Crippen LogP contribution in [0.25, 0.3) is 0 Å². The Morgan fingerprint density at radius 2 is 2.00 bits per heavy atom. The van der Waals surface area contributed by atoms with Gasteiger partial charge in [-0.05, 0) is 18.9 Å². The van der Waals surface area contributed by atoms with E-state index in [9.17, 15) is 4.79 Å². The van der Waals surface area contributed by atoms with Crippen LogP contribution in [0.5, 0.6) is 0 Å². The Kier molecular flexibility index (Phi) is 5.46. The van der Waals surface area contributed by atoms with E-state index in [4.69, 9.17) is 5.73 Å². The number of hydrogen-bond donors (Lipinski definition) is 2.